The fraction of sp³-hybridized carbons (Fsp3) is 0.154. The maximum Gasteiger partial charge on any atom is 0.130 e. The molecule has 0 spiro atoms. The van der Waals surface area contributed by atoms with Crippen LogP contribution < -0.4 is 5.32 Å². The van der Waals surface area contributed by atoms with Crippen LogP contribution in [0.4, 0.5) is 15.9 Å². The van der Waals surface area contributed by atoms with Gasteiger partial charge in [-0.15, -0.1) is 0 Å². The summed E-state index contributed by atoms with van der Waals surface area (Å²) in [4.78, 5) is 4.19. The number of aryl methyl sites for hydroxylation is 2. The van der Waals surface area contributed by atoms with Crippen LogP contribution in [-0.2, 0) is 0 Å². The van der Waals surface area contributed by atoms with Crippen molar-refractivity contribution in [3.05, 3.63) is 50.8 Å². The molecule has 0 bridgehead atoms. The maximum absolute atomic E-state index is 13.5. The first kappa shape index (κ1) is 13.3. The van der Waals surface area contributed by atoms with E-state index in [9.17, 15) is 4.39 Å². The minimum absolute atomic E-state index is 0.296. The summed E-state index contributed by atoms with van der Waals surface area (Å²) in [6, 6.07) is 4.82. The monoisotopic (exact) mass is 328 g/mol. The van der Waals surface area contributed by atoms with Crippen molar-refractivity contribution >= 4 is 39.0 Å². The summed E-state index contributed by atoms with van der Waals surface area (Å²) in [5, 5.41) is 3.47. The number of nitrogens with one attached hydrogen (secondary N) is 1. The van der Waals surface area contributed by atoms with Gasteiger partial charge in [0.1, 0.15) is 11.6 Å². The summed E-state index contributed by atoms with van der Waals surface area (Å²) in [6.07, 6.45) is 1.69. The molecule has 0 radical (unpaired) electrons. The highest BCUT2D eigenvalue weighted by molar-refractivity contribution is 9.10. The molecule has 1 aromatic heterocycles. The fourth-order valence-corrected chi connectivity index (χ4v) is 1.97. The molecule has 0 fully saturated rings. The third kappa shape index (κ3) is 2.82. The fourth-order valence-electron chi connectivity index (χ4n) is 1.49. The molecule has 0 saturated carbocycles. The van der Waals surface area contributed by atoms with Gasteiger partial charge in [-0.2, -0.15) is 0 Å². The Morgan fingerprint density at radius 3 is 2.61 bits per heavy atom. The van der Waals surface area contributed by atoms with Crippen molar-refractivity contribution in [2.75, 3.05) is 5.32 Å². The number of aromatic nitrogens is 1. The Kier molecular flexibility index (Phi) is 3.88. The summed E-state index contributed by atoms with van der Waals surface area (Å²) in [6.45, 7) is 3.63. The molecule has 18 heavy (non-hydrogen) atoms. The largest absolute Gasteiger partial charge is 0.339 e. The minimum atomic E-state index is -0.296. The van der Waals surface area contributed by atoms with Gasteiger partial charge in [-0.05, 0) is 59.1 Å². The van der Waals surface area contributed by atoms with E-state index in [1.54, 1.807) is 19.2 Å². The van der Waals surface area contributed by atoms with Gasteiger partial charge >= 0.3 is 0 Å². The zero-order valence-electron chi connectivity index (χ0n) is 9.89. The second-order valence-corrected chi connectivity index (χ2v) is 5.29. The van der Waals surface area contributed by atoms with Gasteiger partial charge in [0.25, 0.3) is 0 Å². The molecule has 2 aromatic rings. The number of halogens is 3. The highest BCUT2D eigenvalue weighted by Crippen LogP contribution is 2.28. The van der Waals surface area contributed by atoms with E-state index in [1.165, 1.54) is 6.07 Å². The van der Waals surface area contributed by atoms with E-state index >= 15 is 0 Å². The number of nitrogens with zero attached hydrogens (tertiary/aromatic N) is 1. The van der Waals surface area contributed by atoms with Crippen LogP contribution in [0, 0.1) is 19.7 Å². The Morgan fingerprint density at radius 1 is 1.22 bits per heavy atom. The first-order valence-corrected chi connectivity index (χ1v) is 6.49. The molecule has 0 atom stereocenters. The number of hydrogen-bond donors (Lipinski definition) is 1. The molecular formula is C13H11BrClFN2. The quantitative estimate of drug-likeness (QED) is 0.839. The summed E-state index contributed by atoms with van der Waals surface area (Å²) >= 11 is 9.43. The van der Waals surface area contributed by atoms with Crippen LogP contribution in [0.15, 0.2) is 28.9 Å². The normalized spacial score (nSPS) is 10.5. The topological polar surface area (TPSA) is 24.9 Å². The SMILES string of the molecule is Cc1cc(Cl)c(Nc2cc(C)c(Br)cn2)cc1F. The molecule has 2 rings (SSSR count). The second kappa shape index (κ2) is 5.24. The van der Waals surface area contributed by atoms with Crippen LogP contribution in [0.2, 0.25) is 5.02 Å². The Bertz CT molecular complexity index is 602. The summed E-state index contributed by atoms with van der Waals surface area (Å²) < 4.78 is 14.4. The van der Waals surface area contributed by atoms with E-state index in [0.29, 0.717) is 22.1 Å². The Labute approximate surface area is 118 Å². The molecule has 0 aliphatic rings. The van der Waals surface area contributed by atoms with Crippen molar-refractivity contribution in [1.29, 1.82) is 0 Å². The molecule has 1 heterocycles. The van der Waals surface area contributed by atoms with Gasteiger partial charge in [0, 0.05) is 10.7 Å². The first-order valence-electron chi connectivity index (χ1n) is 5.32. The summed E-state index contributed by atoms with van der Waals surface area (Å²) in [7, 11) is 0. The third-order valence-corrected chi connectivity index (χ3v) is 3.70. The molecule has 1 N–H and O–H groups in total. The van der Waals surface area contributed by atoms with Crippen LogP contribution >= 0.6 is 27.5 Å². The number of rotatable bonds is 2. The Morgan fingerprint density at radius 2 is 1.94 bits per heavy atom. The first-order chi connectivity index (χ1) is 8.47. The van der Waals surface area contributed by atoms with Gasteiger partial charge < -0.3 is 5.32 Å². The van der Waals surface area contributed by atoms with Crippen LogP contribution in [-0.4, -0.2) is 4.98 Å². The molecule has 2 nitrogen and oxygen atoms in total. The number of benzene rings is 1. The lowest BCUT2D eigenvalue weighted by Crippen LogP contribution is -1.97. The standard InChI is InChI=1S/C13H11BrClFN2/c1-7-4-13(17-6-9(7)14)18-12-5-11(16)8(2)3-10(12)15/h3-6H,1-2H3,(H,17,18). The van der Waals surface area contributed by atoms with Crippen molar-refractivity contribution < 1.29 is 4.39 Å². The van der Waals surface area contributed by atoms with Crippen molar-refractivity contribution in [2.45, 2.75) is 13.8 Å². The molecule has 0 unspecified atom stereocenters. The van der Waals surface area contributed by atoms with E-state index in [4.69, 9.17) is 11.6 Å². The molecule has 94 valence electrons. The van der Waals surface area contributed by atoms with Gasteiger partial charge in [0.2, 0.25) is 0 Å². The lowest BCUT2D eigenvalue weighted by Gasteiger charge is -2.10. The predicted molar refractivity (Wildman–Crippen MR) is 76.1 cm³/mol. The molecule has 0 amide bonds. The molecule has 0 aliphatic heterocycles. The Balaban J connectivity index is 2.34. The van der Waals surface area contributed by atoms with E-state index in [0.717, 1.165) is 10.0 Å². The van der Waals surface area contributed by atoms with E-state index in [1.807, 2.05) is 13.0 Å². The van der Waals surface area contributed by atoms with E-state index < -0.39 is 0 Å². The van der Waals surface area contributed by atoms with Gasteiger partial charge in [-0.25, -0.2) is 9.37 Å². The predicted octanol–water partition coefficient (Wildman–Crippen LogP) is 5.00. The van der Waals surface area contributed by atoms with Crippen molar-refractivity contribution in [3.8, 4) is 0 Å². The number of hydrogen-bond acceptors (Lipinski definition) is 2. The van der Waals surface area contributed by atoms with Crippen LogP contribution in [0.1, 0.15) is 11.1 Å². The highest BCUT2D eigenvalue weighted by atomic mass is 79.9. The van der Waals surface area contributed by atoms with E-state index in [2.05, 4.69) is 26.2 Å². The van der Waals surface area contributed by atoms with Crippen molar-refractivity contribution in [1.82, 2.24) is 4.98 Å². The second-order valence-electron chi connectivity index (χ2n) is 4.02. The van der Waals surface area contributed by atoms with Gasteiger partial charge in [0.05, 0.1) is 10.7 Å². The Hall–Kier alpha value is -1.13. The lowest BCUT2D eigenvalue weighted by atomic mass is 10.2. The van der Waals surface area contributed by atoms with Gasteiger partial charge in [-0.3, -0.25) is 0 Å². The minimum Gasteiger partial charge on any atom is -0.339 e. The summed E-state index contributed by atoms with van der Waals surface area (Å²) in [5.74, 6) is 0.330. The molecule has 0 aliphatic carbocycles. The molecule has 5 heteroatoms. The third-order valence-electron chi connectivity index (χ3n) is 2.56. The molecule has 1 aromatic carbocycles. The summed E-state index contributed by atoms with van der Waals surface area (Å²) in [5.41, 5.74) is 2.07. The van der Waals surface area contributed by atoms with Gasteiger partial charge in [-0.1, -0.05) is 11.6 Å². The average molecular weight is 330 g/mol. The molecular weight excluding hydrogens is 319 g/mol. The highest BCUT2D eigenvalue weighted by Gasteiger charge is 2.07. The van der Waals surface area contributed by atoms with Crippen LogP contribution in [0.5, 0.6) is 0 Å². The number of pyridine rings is 1. The maximum atomic E-state index is 13.5. The van der Waals surface area contributed by atoms with Crippen LogP contribution in [0.25, 0.3) is 0 Å². The smallest absolute Gasteiger partial charge is 0.130 e. The number of anilines is 2. The van der Waals surface area contributed by atoms with Crippen molar-refractivity contribution in [3.63, 3.8) is 0 Å². The lowest BCUT2D eigenvalue weighted by molar-refractivity contribution is 0.619. The zero-order valence-corrected chi connectivity index (χ0v) is 12.2. The van der Waals surface area contributed by atoms with Gasteiger partial charge in [0.15, 0.2) is 0 Å². The molecule has 0 saturated heterocycles. The van der Waals surface area contributed by atoms with Crippen LogP contribution in [0.3, 0.4) is 0 Å². The average Bonchev–Trinajstić information content (AvgIpc) is 2.31. The van der Waals surface area contributed by atoms with Crippen molar-refractivity contribution in [2.24, 2.45) is 0 Å². The zero-order chi connectivity index (χ0) is 13.3. The van der Waals surface area contributed by atoms with E-state index in [-0.39, 0.29) is 5.82 Å².